The predicted octanol–water partition coefficient (Wildman–Crippen LogP) is 1.68. The van der Waals surface area contributed by atoms with Crippen LogP contribution in [0.15, 0.2) is 18.5 Å². The Morgan fingerprint density at radius 1 is 1.40 bits per heavy atom. The summed E-state index contributed by atoms with van der Waals surface area (Å²) in [6.07, 6.45) is 8.22. The van der Waals surface area contributed by atoms with Crippen molar-refractivity contribution in [3.05, 3.63) is 24.0 Å². The Morgan fingerprint density at radius 2 is 2.05 bits per heavy atom. The van der Waals surface area contributed by atoms with Gasteiger partial charge in [0.25, 0.3) is 0 Å². The van der Waals surface area contributed by atoms with Gasteiger partial charge in [0.15, 0.2) is 0 Å². The highest BCUT2D eigenvalue weighted by Crippen LogP contribution is 2.44. The minimum Gasteiger partial charge on any atom is -0.398 e. The molecule has 0 aromatic carbocycles. The lowest BCUT2D eigenvalue weighted by Gasteiger charge is -2.49. The number of nitrogens with two attached hydrogens (primary N) is 2. The van der Waals surface area contributed by atoms with E-state index in [4.69, 9.17) is 11.6 Å². The number of nitrogen functional groups attached to an aromatic ring is 1. The summed E-state index contributed by atoms with van der Waals surface area (Å²) in [5.74, 6) is 6.69. The molecule has 0 saturated heterocycles. The maximum absolute atomic E-state index is 6.14. The fraction of sp³-hybridized carbons (Fsp3) is 0.667. The first-order valence-corrected chi connectivity index (χ1v) is 7.34. The van der Waals surface area contributed by atoms with Crippen LogP contribution in [0, 0.1) is 5.92 Å². The van der Waals surface area contributed by atoms with E-state index in [1.54, 1.807) is 6.20 Å². The molecule has 1 aromatic heterocycles. The molecule has 1 aliphatic carbocycles. The Bertz CT molecular complexity index is 438. The number of anilines is 1. The number of nitrogens with zero attached hydrogens (tertiary/aromatic N) is 2. The number of nitrogens with one attached hydrogen (secondary N) is 1. The zero-order valence-corrected chi connectivity index (χ0v) is 12.8. The van der Waals surface area contributed by atoms with Crippen LogP contribution >= 0.6 is 0 Å². The third-order valence-corrected chi connectivity index (χ3v) is 4.93. The Kier molecular flexibility index (Phi) is 4.62. The number of hydrogen-bond acceptors (Lipinski definition) is 5. The van der Waals surface area contributed by atoms with Gasteiger partial charge in [-0.3, -0.25) is 16.3 Å². The van der Waals surface area contributed by atoms with Crippen molar-refractivity contribution in [2.75, 3.05) is 19.8 Å². The Balaban J connectivity index is 2.38. The SMILES string of the molecule is CC1CCC(C(NN)c2cnccc2N)(N(C)C)CC1. The molecule has 1 aliphatic rings. The highest BCUT2D eigenvalue weighted by molar-refractivity contribution is 5.47. The van der Waals surface area contributed by atoms with E-state index in [0.717, 1.165) is 30.0 Å². The number of hydrazine groups is 1. The fourth-order valence-electron chi connectivity index (χ4n) is 3.45. The first-order valence-electron chi connectivity index (χ1n) is 7.34. The molecule has 2 rings (SSSR count). The quantitative estimate of drug-likeness (QED) is 0.576. The van der Waals surface area contributed by atoms with E-state index < -0.39 is 0 Å². The summed E-state index contributed by atoms with van der Waals surface area (Å²) < 4.78 is 0. The molecule has 0 amide bonds. The number of hydrogen-bond donors (Lipinski definition) is 3. The maximum Gasteiger partial charge on any atom is 0.0679 e. The predicted molar refractivity (Wildman–Crippen MR) is 82.8 cm³/mol. The molecule has 5 nitrogen and oxygen atoms in total. The Labute approximate surface area is 121 Å². The number of pyridine rings is 1. The minimum atomic E-state index is -0.00157. The summed E-state index contributed by atoms with van der Waals surface area (Å²) in [4.78, 5) is 6.52. The van der Waals surface area contributed by atoms with Gasteiger partial charge < -0.3 is 10.6 Å². The van der Waals surface area contributed by atoms with E-state index in [9.17, 15) is 0 Å². The zero-order chi connectivity index (χ0) is 14.8. The van der Waals surface area contributed by atoms with Gasteiger partial charge in [-0.25, -0.2) is 0 Å². The molecule has 0 bridgehead atoms. The van der Waals surface area contributed by atoms with Crippen molar-refractivity contribution in [2.45, 2.75) is 44.2 Å². The third kappa shape index (κ3) is 2.66. The van der Waals surface area contributed by atoms with Crippen LogP contribution in [0.25, 0.3) is 0 Å². The fourth-order valence-corrected chi connectivity index (χ4v) is 3.45. The van der Waals surface area contributed by atoms with Crippen LogP contribution in [0.3, 0.4) is 0 Å². The molecular weight excluding hydrogens is 250 g/mol. The van der Waals surface area contributed by atoms with Crippen molar-refractivity contribution < 1.29 is 0 Å². The highest BCUT2D eigenvalue weighted by Gasteiger charge is 2.44. The molecule has 1 fully saturated rings. The summed E-state index contributed by atoms with van der Waals surface area (Å²) in [5, 5.41) is 0. The van der Waals surface area contributed by atoms with E-state index >= 15 is 0 Å². The average Bonchev–Trinajstić information content (AvgIpc) is 2.43. The molecule has 112 valence electrons. The second-order valence-electron chi connectivity index (χ2n) is 6.28. The van der Waals surface area contributed by atoms with Crippen LogP contribution in [-0.2, 0) is 0 Å². The highest BCUT2D eigenvalue weighted by atomic mass is 15.3. The first kappa shape index (κ1) is 15.2. The molecular formula is C15H27N5. The lowest BCUT2D eigenvalue weighted by Crippen LogP contribution is -2.57. The van der Waals surface area contributed by atoms with Gasteiger partial charge in [-0.1, -0.05) is 6.92 Å². The second-order valence-corrected chi connectivity index (χ2v) is 6.28. The molecule has 1 atom stereocenters. The van der Waals surface area contributed by atoms with Crippen LogP contribution in [0.1, 0.15) is 44.2 Å². The Morgan fingerprint density at radius 3 is 2.55 bits per heavy atom. The van der Waals surface area contributed by atoms with Gasteiger partial charge in [0.05, 0.1) is 6.04 Å². The van der Waals surface area contributed by atoms with E-state index in [1.165, 1.54) is 12.8 Å². The lowest BCUT2D eigenvalue weighted by atomic mass is 9.70. The smallest absolute Gasteiger partial charge is 0.0679 e. The van der Waals surface area contributed by atoms with Crippen molar-refractivity contribution >= 4 is 5.69 Å². The summed E-state index contributed by atoms with van der Waals surface area (Å²) in [7, 11) is 4.26. The number of rotatable bonds is 4. The van der Waals surface area contributed by atoms with Crippen molar-refractivity contribution in [3.8, 4) is 0 Å². The summed E-state index contributed by atoms with van der Waals surface area (Å²) in [6.45, 7) is 2.32. The molecule has 5 N–H and O–H groups in total. The van der Waals surface area contributed by atoms with Gasteiger partial charge in [0.2, 0.25) is 0 Å². The molecule has 0 aliphatic heterocycles. The zero-order valence-electron chi connectivity index (χ0n) is 12.8. The van der Waals surface area contributed by atoms with Crippen LogP contribution in [-0.4, -0.2) is 29.5 Å². The summed E-state index contributed by atoms with van der Waals surface area (Å²) >= 11 is 0. The maximum atomic E-state index is 6.14. The molecule has 5 heteroatoms. The molecule has 0 radical (unpaired) electrons. The van der Waals surface area contributed by atoms with Crippen LogP contribution in [0.2, 0.25) is 0 Å². The van der Waals surface area contributed by atoms with Crippen molar-refractivity contribution in [2.24, 2.45) is 11.8 Å². The summed E-state index contributed by atoms with van der Waals surface area (Å²) in [5.41, 5.74) is 10.9. The number of aromatic nitrogens is 1. The average molecular weight is 277 g/mol. The molecule has 1 unspecified atom stereocenters. The van der Waals surface area contributed by atoms with Crippen molar-refractivity contribution in [1.82, 2.24) is 15.3 Å². The second kappa shape index (κ2) is 6.08. The largest absolute Gasteiger partial charge is 0.398 e. The van der Waals surface area contributed by atoms with Gasteiger partial charge in [0.1, 0.15) is 0 Å². The van der Waals surface area contributed by atoms with Gasteiger partial charge in [-0.05, 0) is 51.8 Å². The van der Waals surface area contributed by atoms with Gasteiger partial charge in [-0.2, -0.15) is 0 Å². The summed E-state index contributed by atoms with van der Waals surface area (Å²) in [6, 6.07) is 1.84. The molecule has 1 heterocycles. The van der Waals surface area contributed by atoms with Crippen LogP contribution in [0.5, 0.6) is 0 Å². The van der Waals surface area contributed by atoms with E-state index in [1.807, 2.05) is 12.3 Å². The Hall–Kier alpha value is -1.17. The van der Waals surface area contributed by atoms with Crippen LogP contribution < -0.4 is 17.0 Å². The molecule has 1 saturated carbocycles. The van der Waals surface area contributed by atoms with Gasteiger partial charge in [0, 0.05) is 29.2 Å². The van der Waals surface area contributed by atoms with E-state index in [0.29, 0.717) is 0 Å². The standard InChI is InChI=1S/C15H27N5/c1-11-4-7-15(8-5-11,20(2)3)14(19-17)12-10-18-9-6-13(12)16/h6,9-11,14,19H,4-5,7-8,17H2,1-3H3,(H2,16,18). The molecule has 0 spiro atoms. The first-order chi connectivity index (χ1) is 9.51. The van der Waals surface area contributed by atoms with Crippen molar-refractivity contribution in [1.29, 1.82) is 0 Å². The minimum absolute atomic E-state index is 0.00120. The third-order valence-electron chi connectivity index (χ3n) is 4.93. The molecule has 1 aromatic rings. The normalized spacial score (nSPS) is 28.6. The lowest BCUT2D eigenvalue weighted by molar-refractivity contribution is 0.0429. The van der Waals surface area contributed by atoms with Crippen LogP contribution in [0.4, 0.5) is 5.69 Å². The molecule has 20 heavy (non-hydrogen) atoms. The monoisotopic (exact) mass is 277 g/mol. The topological polar surface area (TPSA) is 80.2 Å². The van der Waals surface area contributed by atoms with Gasteiger partial charge in [-0.15, -0.1) is 0 Å². The number of likely N-dealkylation sites (N-methyl/N-ethyl adjacent to an activating group) is 1. The van der Waals surface area contributed by atoms with E-state index in [2.05, 4.69) is 36.3 Å². The van der Waals surface area contributed by atoms with Gasteiger partial charge >= 0.3 is 0 Å². The van der Waals surface area contributed by atoms with E-state index in [-0.39, 0.29) is 11.6 Å². The van der Waals surface area contributed by atoms with Crippen molar-refractivity contribution in [3.63, 3.8) is 0 Å².